The van der Waals surface area contributed by atoms with Gasteiger partial charge in [-0.3, -0.25) is 0 Å². The Hall–Kier alpha value is -4.18. The van der Waals surface area contributed by atoms with Crippen molar-refractivity contribution in [1.82, 2.24) is 14.3 Å². The van der Waals surface area contributed by atoms with Crippen molar-refractivity contribution in [1.29, 1.82) is 0 Å². The van der Waals surface area contributed by atoms with Crippen molar-refractivity contribution in [3.05, 3.63) is 96.1 Å². The number of hydrogen-bond donors (Lipinski definition) is 2. The summed E-state index contributed by atoms with van der Waals surface area (Å²) in [5.41, 5.74) is -2.25. The Morgan fingerprint density at radius 2 is 1.63 bits per heavy atom. The molecule has 6 nitrogen and oxygen atoms in total. The Morgan fingerprint density at radius 3 is 2.31 bits per heavy atom. The molecule has 0 aliphatic heterocycles. The average Bonchev–Trinajstić information content (AvgIpc) is 3.42. The van der Waals surface area contributed by atoms with E-state index in [1.54, 1.807) is 0 Å². The van der Waals surface area contributed by atoms with Crippen molar-refractivity contribution < 1.29 is 32.6 Å². The molecule has 0 spiro atoms. The molecule has 178 valence electrons. The van der Waals surface area contributed by atoms with Gasteiger partial charge in [0.15, 0.2) is 0 Å². The highest BCUT2D eigenvalue weighted by Gasteiger charge is 2.55. The monoisotopic (exact) mass is 483 g/mol. The Kier molecular flexibility index (Phi) is 5.13. The van der Waals surface area contributed by atoms with Gasteiger partial charge < -0.3 is 14.8 Å². The number of nitrogens with zero attached hydrogens (tertiary/aromatic N) is 3. The predicted molar refractivity (Wildman–Crippen MR) is 120 cm³/mol. The number of hydrogen-bond acceptors (Lipinski definition) is 3. The van der Waals surface area contributed by atoms with Crippen molar-refractivity contribution in [3.8, 4) is 5.69 Å². The maximum absolute atomic E-state index is 14.3. The molecule has 2 aromatic heterocycles. The fourth-order valence-corrected chi connectivity index (χ4v) is 4.14. The van der Waals surface area contributed by atoms with Crippen molar-refractivity contribution in [2.75, 3.05) is 0 Å². The molecule has 0 saturated heterocycles. The van der Waals surface area contributed by atoms with Crippen LogP contribution in [0.15, 0.2) is 79.1 Å². The SMILES string of the molecule is O=C(O)c1ccc2c(ccn2CC(O)(c2ccc3c(cnn3-c3ccc(F)cc3)c2)C(F)(F)F)c1. The van der Waals surface area contributed by atoms with Gasteiger partial charge in [-0.1, -0.05) is 6.07 Å². The van der Waals surface area contributed by atoms with Crippen molar-refractivity contribution in [2.24, 2.45) is 0 Å². The number of benzene rings is 3. The van der Waals surface area contributed by atoms with Crippen LogP contribution < -0.4 is 0 Å². The number of alkyl halides is 3. The molecule has 0 bridgehead atoms. The predicted octanol–water partition coefficient (Wildman–Crippen LogP) is 5.27. The highest BCUT2D eigenvalue weighted by molar-refractivity contribution is 5.93. The fraction of sp³-hybridized carbons (Fsp3) is 0.120. The van der Waals surface area contributed by atoms with Gasteiger partial charge in [-0.25, -0.2) is 13.9 Å². The van der Waals surface area contributed by atoms with Gasteiger partial charge in [0.25, 0.3) is 0 Å². The van der Waals surface area contributed by atoms with E-state index in [1.807, 2.05) is 0 Å². The molecule has 1 unspecified atom stereocenters. The summed E-state index contributed by atoms with van der Waals surface area (Å²) in [4.78, 5) is 11.2. The lowest BCUT2D eigenvalue weighted by Crippen LogP contribution is -2.45. The van der Waals surface area contributed by atoms with Gasteiger partial charge >= 0.3 is 12.1 Å². The summed E-state index contributed by atoms with van der Waals surface area (Å²) in [7, 11) is 0. The lowest BCUT2D eigenvalue weighted by Gasteiger charge is -2.32. The molecule has 0 saturated carbocycles. The van der Waals surface area contributed by atoms with Crippen LogP contribution in [0.2, 0.25) is 0 Å². The Balaban J connectivity index is 1.56. The molecular formula is C25H17F4N3O3. The van der Waals surface area contributed by atoms with E-state index in [1.165, 1.54) is 88.4 Å². The summed E-state index contributed by atoms with van der Waals surface area (Å²) in [6.07, 6.45) is -2.28. The number of aromatic carboxylic acids is 1. The van der Waals surface area contributed by atoms with E-state index in [0.29, 0.717) is 27.5 Å². The zero-order chi connectivity index (χ0) is 25.0. The third kappa shape index (κ3) is 3.81. The standard InChI is InChI=1S/C25H17F4N3O3/c26-19-3-5-20(6-4-19)32-22-8-2-18(12-17(22)13-30-32)24(35,25(27,28)29)14-31-10-9-15-11-16(23(33)34)1-7-21(15)31/h1-13,35H,14H2,(H,33,34). The minimum absolute atomic E-state index is 0.00458. The lowest BCUT2D eigenvalue weighted by atomic mass is 9.91. The molecular weight excluding hydrogens is 466 g/mol. The first kappa shape index (κ1) is 22.6. The summed E-state index contributed by atoms with van der Waals surface area (Å²) in [6.45, 7) is -0.843. The van der Waals surface area contributed by atoms with Crippen LogP contribution in [0, 0.1) is 5.82 Å². The van der Waals surface area contributed by atoms with Gasteiger partial charge in [0, 0.05) is 22.5 Å². The van der Waals surface area contributed by atoms with Crippen LogP contribution in [0.25, 0.3) is 27.5 Å². The zero-order valence-electron chi connectivity index (χ0n) is 17.9. The number of halogens is 4. The first-order valence-corrected chi connectivity index (χ1v) is 10.4. The minimum atomic E-state index is -5.02. The molecule has 0 aliphatic rings. The van der Waals surface area contributed by atoms with Gasteiger partial charge in [-0.15, -0.1) is 0 Å². The normalized spacial score (nSPS) is 13.9. The molecule has 2 heterocycles. The second-order valence-electron chi connectivity index (χ2n) is 8.19. The lowest BCUT2D eigenvalue weighted by molar-refractivity contribution is -0.271. The highest BCUT2D eigenvalue weighted by Crippen LogP contribution is 2.42. The van der Waals surface area contributed by atoms with Crippen LogP contribution in [0.1, 0.15) is 15.9 Å². The average molecular weight is 483 g/mol. The maximum Gasteiger partial charge on any atom is 0.423 e. The second-order valence-corrected chi connectivity index (χ2v) is 8.19. The molecule has 3 aromatic carbocycles. The molecule has 0 radical (unpaired) electrons. The van der Waals surface area contributed by atoms with Crippen LogP contribution >= 0.6 is 0 Å². The molecule has 5 aromatic rings. The molecule has 0 fully saturated rings. The Morgan fingerprint density at radius 1 is 0.914 bits per heavy atom. The largest absolute Gasteiger partial charge is 0.478 e. The molecule has 5 rings (SSSR count). The van der Waals surface area contributed by atoms with Crippen LogP contribution in [-0.2, 0) is 12.1 Å². The fourth-order valence-electron chi connectivity index (χ4n) is 4.14. The van der Waals surface area contributed by atoms with Crippen LogP contribution in [0.4, 0.5) is 17.6 Å². The van der Waals surface area contributed by atoms with Gasteiger partial charge in [0.05, 0.1) is 29.5 Å². The molecule has 0 aliphatic carbocycles. The summed E-state index contributed by atoms with van der Waals surface area (Å²) in [6, 6.07) is 14.9. The van der Waals surface area contributed by atoms with Crippen molar-refractivity contribution in [2.45, 2.75) is 18.3 Å². The van der Waals surface area contributed by atoms with Crippen LogP contribution in [-0.4, -0.2) is 36.7 Å². The van der Waals surface area contributed by atoms with Crippen molar-refractivity contribution >= 4 is 27.8 Å². The van der Waals surface area contributed by atoms with Gasteiger partial charge in [-0.05, 0) is 66.2 Å². The number of carboxylic acids is 1. The van der Waals surface area contributed by atoms with E-state index in [-0.39, 0.29) is 11.1 Å². The van der Waals surface area contributed by atoms with Gasteiger partial charge in [0.2, 0.25) is 5.60 Å². The molecule has 0 amide bonds. The number of aliphatic hydroxyl groups is 1. The van der Waals surface area contributed by atoms with Crippen LogP contribution in [0.5, 0.6) is 0 Å². The third-order valence-corrected chi connectivity index (χ3v) is 6.00. The van der Waals surface area contributed by atoms with Crippen LogP contribution in [0.3, 0.4) is 0 Å². The number of carboxylic acid groups (broad SMARTS) is 1. The first-order chi connectivity index (χ1) is 16.6. The summed E-state index contributed by atoms with van der Waals surface area (Å²) in [5, 5.41) is 25.1. The van der Waals surface area contributed by atoms with E-state index in [0.717, 1.165) is 0 Å². The quantitative estimate of drug-likeness (QED) is 0.334. The van der Waals surface area contributed by atoms with E-state index in [9.17, 15) is 27.5 Å². The number of rotatable bonds is 5. The number of carbonyl (C=O) groups is 1. The van der Waals surface area contributed by atoms with E-state index >= 15 is 0 Å². The van der Waals surface area contributed by atoms with E-state index in [4.69, 9.17) is 5.11 Å². The number of aromatic nitrogens is 3. The van der Waals surface area contributed by atoms with E-state index in [2.05, 4.69) is 5.10 Å². The highest BCUT2D eigenvalue weighted by atomic mass is 19.4. The summed E-state index contributed by atoms with van der Waals surface area (Å²) < 4.78 is 58.7. The summed E-state index contributed by atoms with van der Waals surface area (Å²) in [5.74, 6) is -1.58. The smallest absolute Gasteiger partial charge is 0.423 e. The molecule has 2 N–H and O–H groups in total. The Bertz CT molecular complexity index is 1570. The zero-order valence-corrected chi connectivity index (χ0v) is 17.9. The summed E-state index contributed by atoms with van der Waals surface area (Å²) >= 11 is 0. The molecule has 35 heavy (non-hydrogen) atoms. The Labute approximate surface area is 195 Å². The first-order valence-electron chi connectivity index (χ1n) is 10.4. The second kappa shape index (κ2) is 7.95. The minimum Gasteiger partial charge on any atom is -0.478 e. The molecule has 10 heteroatoms. The van der Waals surface area contributed by atoms with Gasteiger partial charge in [0.1, 0.15) is 5.82 Å². The van der Waals surface area contributed by atoms with Crippen molar-refractivity contribution in [3.63, 3.8) is 0 Å². The maximum atomic E-state index is 14.3. The third-order valence-electron chi connectivity index (χ3n) is 6.00. The molecule has 1 atom stereocenters. The van der Waals surface area contributed by atoms with Gasteiger partial charge in [-0.2, -0.15) is 18.3 Å². The topological polar surface area (TPSA) is 80.3 Å². The number of fused-ring (bicyclic) bond motifs is 2. The van der Waals surface area contributed by atoms with E-state index < -0.39 is 30.1 Å².